The minimum Gasteiger partial charge on any atom is -0.481 e. The summed E-state index contributed by atoms with van der Waals surface area (Å²) in [5.41, 5.74) is 0.268. The van der Waals surface area contributed by atoms with E-state index < -0.39 is 34.2 Å². The van der Waals surface area contributed by atoms with Gasteiger partial charge in [0.05, 0.1) is 22.8 Å². The van der Waals surface area contributed by atoms with Gasteiger partial charge >= 0.3 is 5.97 Å². The van der Waals surface area contributed by atoms with Crippen molar-refractivity contribution in [1.29, 1.82) is 0 Å². The normalized spacial score (nSPS) is 17.3. The van der Waals surface area contributed by atoms with Crippen LogP contribution in [0.25, 0.3) is 0 Å². The molecule has 24 heavy (non-hydrogen) atoms. The molecular weight excluding hydrogens is 338 g/mol. The second kappa shape index (κ2) is 7.18. The monoisotopic (exact) mass is 357 g/mol. The molecular formula is C15H19NO7S. The molecule has 0 bridgehead atoms. The Hall–Kier alpha value is -2.13. The van der Waals surface area contributed by atoms with Crippen LogP contribution in [0.1, 0.15) is 19.8 Å². The molecule has 2 N–H and O–H groups in total. The Labute approximate surface area is 139 Å². The smallest absolute Gasteiger partial charge is 0.307 e. The highest BCUT2D eigenvalue weighted by atomic mass is 32.2. The first-order chi connectivity index (χ1) is 11.3. The van der Waals surface area contributed by atoms with Crippen LogP contribution in [0.4, 0.5) is 5.69 Å². The SMILES string of the molecule is CCS(=O)(=O)c1ccc2c(c1)N(CCCO)C(=O)C(CC(=O)O)O2. The zero-order valence-electron chi connectivity index (χ0n) is 13.1. The molecule has 0 radical (unpaired) electrons. The lowest BCUT2D eigenvalue weighted by molar-refractivity contribution is -0.142. The quantitative estimate of drug-likeness (QED) is 0.726. The van der Waals surface area contributed by atoms with Gasteiger partial charge in [-0.25, -0.2) is 8.42 Å². The van der Waals surface area contributed by atoms with Crippen LogP contribution >= 0.6 is 0 Å². The second-order valence-corrected chi connectivity index (χ2v) is 7.58. The van der Waals surface area contributed by atoms with Crippen LogP contribution < -0.4 is 9.64 Å². The van der Waals surface area contributed by atoms with E-state index in [0.29, 0.717) is 0 Å². The molecule has 1 heterocycles. The zero-order valence-corrected chi connectivity index (χ0v) is 14.0. The molecule has 1 unspecified atom stereocenters. The highest BCUT2D eigenvalue weighted by Crippen LogP contribution is 2.37. The van der Waals surface area contributed by atoms with Crippen molar-refractivity contribution in [2.24, 2.45) is 0 Å². The van der Waals surface area contributed by atoms with Gasteiger partial charge in [-0.15, -0.1) is 0 Å². The van der Waals surface area contributed by atoms with Crippen molar-refractivity contribution in [3.05, 3.63) is 18.2 Å². The van der Waals surface area contributed by atoms with E-state index in [1.807, 2.05) is 0 Å². The minimum atomic E-state index is -3.46. The predicted octanol–water partition coefficient (Wildman–Crippen LogP) is 0.431. The number of carboxylic acids is 1. The number of benzene rings is 1. The molecule has 0 aliphatic carbocycles. The van der Waals surface area contributed by atoms with E-state index in [2.05, 4.69) is 0 Å². The third kappa shape index (κ3) is 3.68. The summed E-state index contributed by atoms with van der Waals surface area (Å²) in [5, 5.41) is 17.9. The Morgan fingerprint density at radius 3 is 2.67 bits per heavy atom. The highest BCUT2D eigenvalue weighted by Gasteiger charge is 2.36. The topological polar surface area (TPSA) is 121 Å². The first-order valence-electron chi connectivity index (χ1n) is 7.47. The maximum absolute atomic E-state index is 12.5. The molecule has 1 aliphatic heterocycles. The van der Waals surface area contributed by atoms with Crippen LogP contribution in [0.5, 0.6) is 5.75 Å². The molecule has 132 valence electrons. The molecule has 0 fully saturated rings. The standard InChI is InChI=1S/C15H19NO7S/c1-2-24(21,22)10-4-5-12-11(8-10)16(6-3-7-17)15(20)13(23-12)9-14(18)19/h4-5,8,13,17H,2-3,6-7,9H2,1H3,(H,18,19). The lowest BCUT2D eigenvalue weighted by Crippen LogP contribution is -2.47. The number of hydrogen-bond donors (Lipinski definition) is 2. The van der Waals surface area contributed by atoms with Gasteiger partial charge in [-0.2, -0.15) is 0 Å². The number of nitrogens with zero attached hydrogens (tertiary/aromatic N) is 1. The minimum absolute atomic E-state index is 0.0610. The maximum Gasteiger partial charge on any atom is 0.307 e. The van der Waals surface area contributed by atoms with E-state index in [1.165, 1.54) is 30.0 Å². The summed E-state index contributed by atoms with van der Waals surface area (Å²) in [7, 11) is -3.46. The van der Waals surface area contributed by atoms with E-state index in [9.17, 15) is 18.0 Å². The van der Waals surface area contributed by atoms with E-state index in [-0.39, 0.29) is 41.7 Å². The molecule has 9 heteroatoms. The van der Waals surface area contributed by atoms with Crippen LogP contribution in [0.3, 0.4) is 0 Å². The molecule has 1 amide bonds. The van der Waals surface area contributed by atoms with Gasteiger partial charge in [-0.05, 0) is 24.6 Å². The molecule has 0 spiro atoms. The molecule has 1 aromatic carbocycles. The average Bonchev–Trinajstić information content (AvgIpc) is 2.54. The third-order valence-corrected chi connectivity index (χ3v) is 5.40. The van der Waals surface area contributed by atoms with Gasteiger partial charge in [0.25, 0.3) is 5.91 Å². The number of carboxylic acid groups (broad SMARTS) is 1. The number of carbonyl (C=O) groups is 2. The van der Waals surface area contributed by atoms with Gasteiger partial charge < -0.3 is 19.8 Å². The molecule has 2 rings (SSSR count). The van der Waals surface area contributed by atoms with E-state index in [0.717, 1.165) is 0 Å². The summed E-state index contributed by atoms with van der Waals surface area (Å²) < 4.78 is 29.5. The predicted molar refractivity (Wildman–Crippen MR) is 84.9 cm³/mol. The van der Waals surface area contributed by atoms with Crippen LogP contribution in [-0.4, -0.2) is 55.5 Å². The number of ether oxygens (including phenoxy) is 1. The number of hydrogen-bond acceptors (Lipinski definition) is 6. The van der Waals surface area contributed by atoms with Gasteiger partial charge in [0.15, 0.2) is 15.9 Å². The summed E-state index contributed by atoms with van der Waals surface area (Å²) in [6.45, 7) is 1.50. The van der Waals surface area contributed by atoms with E-state index in [1.54, 1.807) is 0 Å². The van der Waals surface area contributed by atoms with E-state index in [4.69, 9.17) is 14.9 Å². The Bertz CT molecular complexity index is 744. The first kappa shape index (κ1) is 18.2. The van der Waals surface area contributed by atoms with Crippen molar-refractivity contribution < 1.29 is 33.0 Å². The number of aliphatic hydroxyl groups is 1. The van der Waals surface area contributed by atoms with Gasteiger partial charge in [0, 0.05) is 13.2 Å². The second-order valence-electron chi connectivity index (χ2n) is 5.30. The highest BCUT2D eigenvalue weighted by molar-refractivity contribution is 7.91. The number of sulfone groups is 1. The molecule has 1 aliphatic rings. The number of carbonyl (C=O) groups excluding carboxylic acids is 1. The van der Waals surface area contributed by atoms with Crippen molar-refractivity contribution >= 4 is 27.4 Å². The fourth-order valence-electron chi connectivity index (χ4n) is 2.41. The summed E-state index contributed by atoms with van der Waals surface area (Å²) >= 11 is 0. The number of aliphatic hydroxyl groups excluding tert-OH is 1. The van der Waals surface area contributed by atoms with Crippen LogP contribution in [0, 0.1) is 0 Å². The molecule has 0 saturated carbocycles. The van der Waals surface area contributed by atoms with Crippen molar-refractivity contribution in [3.8, 4) is 5.75 Å². The molecule has 0 saturated heterocycles. The van der Waals surface area contributed by atoms with Gasteiger partial charge in [0.2, 0.25) is 0 Å². The first-order valence-corrected chi connectivity index (χ1v) is 9.13. The largest absolute Gasteiger partial charge is 0.481 e. The number of amides is 1. The number of anilines is 1. The fourth-order valence-corrected chi connectivity index (χ4v) is 3.31. The van der Waals surface area contributed by atoms with Crippen LogP contribution in [-0.2, 0) is 19.4 Å². The average molecular weight is 357 g/mol. The summed E-state index contributed by atoms with van der Waals surface area (Å²) in [5.74, 6) is -1.58. The maximum atomic E-state index is 12.5. The number of rotatable bonds is 7. The Morgan fingerprint density at radius 1 is 1.38 bits per heavy atom. The number of aliphatic carboxylic acids is 1. The Morgan fingerprint density at radius 2 is 2.08 bits per heavy atom. The van der Waals surface area contributed by atoms with Crippen molar-refractivity contribution in [2.45, 2.75) is 30.8 Å². The van der Waals surface area contributed by atoms with Gasteiger partial charge in [0.1, 0.15) is 5.75 Å². The van der Waals surface area contributed by atoms with Gasteiger partial charge in [-0.1, -0.05) is 6.92 Å². The van der Waals surface area contributed by atoms with Gasteiger partial charge in [-0.3, -0.25) is 9.59 Å². The van der Waals surface area contributed by atoms with Crippen LogP contribution in [0.2, 0.25) is 0 Å². The van der Waals surface area contributed by atoms with Crippen molar-refractivity contribution in [1.82, 2.24) is 0 Å². The Balaban J connectivity index is 2.47. The lowest BCUT2D eigenvalue weighted by Gasteiger charge is -2.34. The number of fused-ring (bicyclic) bond motifs is 1. The summed E-state index contributed by atoms with van der Waals surface area (Å²) in [6.07, 6.45) is -1.40. The van der Waals surface area contributed by atoms with Crippen molar-refractivity contribution in [2.75, 3.05) is 23.8 Å². The molecule has 1 aromatic rings. The third-order valence-electron chi connectivity index (χ3n) is 3.67. The Kier molecular flexibility index (Phi) is 5.45. The fraction of sp³-hybridized carbons (Fsp3) is 0.467. The zero-order chi connectivity index (χ0) is 17.9. The van der Waals surface area contributed by atoms with Crippen molar-refractivity contribution in [3.63, 3.8) is 0 Å². The molecule has 0 aromatic heterocycles. The van der Waals surface area contributed by atoms with E-state index >= 15 is 0 Å². The molecule has 8 nitrogen and oxygen atoms in total. The summed E-state index contributed by atoms with van der Waals surface area (Å²) in [6, 6.07) is 4.14. The molecule has 1 atom stereocenters. The summed E-state index contributed by atoms with van der Waals surface area (Å²) in [4.78, 5) is 24.7. The lowest BCUT2D eigenvalue weighted by atomic mass is 10.1. The van der Waals surface area contributed by atoms with Crippen LogP contribution in [0.15, 0.2) is 23.1 Å².